The van der Waals surface area contributed by atoms with Gasteiger partial charge in [0.15, 0.2) is 5.82 Å². The number of nitrogens with zero attached hydrogens (tertiary/aromatic N) is 4. The fourth-order valence-electron chi connectivity index (χ4n) is 4.11. The van der Waals surface area contributed by atoms with Gasteiger partial charge in [0.1, 0.15) is 23.9 Å². The Morgan fingerprint density at radius 3 is 2.44 bits per heavy atom. The number of aromatic nitrogens is 4. The van der Waals surface area contributed by atoms with E-state index in [1.54, 1.807) is 36.4 Å². The van der Waals surface area contributed by atoms with Crippen molar-refractivity contribution in [2.75, 3.05) is 17.7 Å². The smallest absolute Gasteiger partial charge is 0.326 e. The van der Waals surface area contributed by atoms with Crippen LogP contribution in [0, 0.1) is 20.8 Å². The largest absolute Gasteiger partial charge is 0.497 e. The highest BCUT2D eigenvalue weighted by Crippen LogP contribution is 2.24. The van der Waals surface area contributed by atoms with Gasteiger partial charge in [0, 0.05) is 24.4 Å². The molecule has 9 heteroatoms. The van der Waals surface area contributed by atoms with E-state index in [-0.39, 0.29) is 0 Å². The van der Waals surface area contributed by atoms with Crippen LogP contribution in [0.4, 0.5) is 11.5 Å². The number of rotatable bonds is 10. The van der Waals surface area contributed by atoms with Gasteiger partial charge in [-0.1, -0.05) is 29.8 Å². The third kappa shape index (κ3) is 5.99. The second kappa shape index (κ2) is 10.9. The number of aryl methyl sites for hydroxylation is 3. The maximum absolute atomic E-state index is 12.0. The van der Waals surface area contributed by atoms with E-state index in [2.05, 4.69) is 37.8 Å². The average Bonchev–Trinajstić information content (AvgIpc) is 3.33. The summed E-state index contributed by atoms with van der Waals surface area (Å²) in [5.74, 6) is 1.11. The van der Waals surface area contributed by atoms with Crippen LogP contribution in [0.15, 0.2) is 61.1 Å². The van der Waals surface area contributed by atoms with Gasteiger partial charge in [0.25, 0.3) is 0 Å². The predicted molar refractivity (Wildman–Crippen MR) is 139 cm³/mol. The number of ether oxygens (including phenoxy) is 1. The van der Waals surface area contributed by atoms with E-state index < -0.39 is 12.0 Å². The number of carboxylic acid groups (broad SMARTS) is 1. The lowest BCUT2D eigenvalue weighted by molar-refractivity contribution is -0.137. The van der Waals surface area contributed by atoms with Crippen LogP contribution in [-0.2, 0) is 17.8 Å². The molecule has 0 bridgehead atoms. The van der Waals surface area contributed by atoms with E-state index >= 15 is 0 Å². The molecule has 0 fully saturated rings. The van der Waals surface area contributed by atoms with Gasteiger partial charge in [0.05, 0.1) is 19.3 Å². The molecule has 4 rings (SSSR count). The zero-order valence-electron chi connectivity index (χ0n) is 20.8. The number of nitrogens with one attached hydrogen (secondary N) is 2. The van der Waals surface area contributed by atoms with E-state index in [9.17, 15) is 9.90 Å². The summed E-state index contributed by atoms with van der Waals surface area (Å²) in [6, 6.07) is 14.6. The van der Waals surface area contributed by atoms with Crippen molar-refractivity contribution in [3.05, 3.63) is 89.1 Å². The molecule has 0 saturated heterocycles. The Balaban J connectivity index is 1.40. The average molecular weight is 487 g/mol. The SMILES string of the molecule is COc1ccnc(NCc2ncn(-c3ccc(CC(Nc4c(C)cc(C)cc4C)C(=O)O)cc3)n2)c1. The van der Waals surface area contributed by atoms with Crippen molar-refractivity contribution in [3.63, 3.8) is 0 Å². The quantitative estimate of drug-likeness (QED) is 0.304. The maximum Gasteiger partial charge on any atom is 0.326 e. The molecule has 9 nitrogen and oxygen atoms in total. The number of benzene rings is 2. The Kier molecular flexibility index (Phi) is 7.48. The van der Waals surface area contributed by atoms with Crippen molar-refractivity contribution in [1.82, 2.24) is 19.7 Å². The van der Waals surface area contributed by atoms with Crippen LogP contribution in [-0.4, -0.2) is 44.0 Å². The third-order valence-electron chi connectivity index (χ3n) is 5.87. The van der Waals surface area contributed by atoms with Gasteiger partial charge in [-0.05, 0) is 55.7 Å². The molecule has 0 spiro atoms. The summed E-state index contributed by atoms with van der Waals surface area (Å²) in [7, 11) is 1.61. The van der Waals surface area contributed by atoms with Crippen molar-refractivity contribution in [3.8, 4) is 11.4 Å². The molecule has 36 heavy (non-hydrogen) atoms. The molecule has 0 radical (unpaired) electrons. The summed E-state index contributed by atoms with van der Waals surface area (Å²) >= 11 is 0. The molecule has 186 valence electrons. The molecule has 0 saturated carbocycles. The van der Waals surface area contributed by atoms with Crippen molar-refractivity contribution in [2.24, 2.45) is 0 Å². The maximum atomic E-state index is 12.0. The lowest BCUT2D eigenvalue weighted by Crippen LogP contribution is -2.32. The fourth-order valence-corrected chi connectivity index (χ4v) is 4.11. The minimum Gasteiger partial charge on any atom is -0.497 e. The minimum atomic E-state index is -0.891. The predicted octanol–water partition coefficient (Wildman–Crippen LogP) is 4.32. The summed E-state index contributed by atoms with van der Waals surface area (Å²) in [6.07, 6.45) is 3.67. The van der Waals surface area contributed by atoms with E-state index in [1.807, 2.05) is 45.0 Å². The highest BCUT2D eigenvalue weighted by atomic mass is 16.5. The van der Waals surface area contributed by atoms with Gasteiger partial charge in [-0.3, -0.25) is 0 Å². The first-order valence-electron chi connectivity index (χ1n) is 11.6. The summed E-state index contributed by atoms with van der Waals surface area (Å²) < 4.78 is 6.89. The molecule has 0 aliphatic heterocycles. The summed E-state index contributed by atoms with van der Waals surface area (Å²) in [4.78, 5) is 20.6. The van der Waals surface area contributed by atoms with Crippen LogP contribution >= 0.6 is 0 Å². The van der Waals surface area contributed by atoms with Crippen LogP contribution in [0.1, 0.15) is 28.1 Å². The zero-order valence-corrected chi connectivity index (χ0v) is 20.8. The van der Waals surface area contributed by atoms with E-state index in [0.29, 0.717) is 24.6 Å². The van der Waals surface area contributed by atoms with Crippen molar-refractivity contribution >= 4 is 17.5 Å². The van der Waals surface area contributed by atoms with Gasteiger partial charge in [-0.15, -0.1) is 5.10 Å². The highest BCUT2D eigenvalue weighted by molar-refractivity contribution is 5.79. The number of carbonyl (C=O) groups is 1. The lowest BCUT2D eigenvalue weighted by atomic mass is 10.0. The second-order valence-corrected chi connectivity index (χ2v) is 8.72. The van der Waals surface area contributed by atoms with E-state index in [1.165, 1.54) is 0 Å². The molecule has 1 atom stereocenters. The van der Waals surface area contributed by atoms with Crippen molar-refractivity contribution < 1.29 is 14.6 Å². The fraction of sp³-hybridized carbons (Fsp3) is 0.259. The summed E-state index contributed by atoms with van der Waals surface area (Å²) in [5.41, 5.74) is 5.84. The molecule has 0 amide bonds. The number of hydrogen-bond acceptors (Lipinski definition) is 7. The van der Waals surface area contributed by atoms with E-state index in [4.69, 9.17) is 4.74 Å². The number of pyridine rings is 1. The Bertz CT molecular complexity index is 1330. The van der Waals surface area contributed by atoms with Gasteiger partial charge >= 0.3 is 5.97 Å². The number of aliphatic carboxylic acids is 1. The van der Waals surface area contributed by atoms with Crippen molar-refractivity contribution in [1.29, 1.82) is 0 Å². The van der Waals surface area contributed by atoms with Crippen LogP contribution in [0.25, 0.3) is 5.69 Å². The van der Waals surface area contributed by atoms with Crippen LogP contribution in [0.2, 0.25) is 0 Å². The van der Waals surface area contributed by atoms with Gasteiger partial charge in [-0.25, -0.2) is 19.4 Å². The molecule has 2 aromatic carbocycles. The molecular formula is C27H30N6O3. The van der Waals surface area contributed by atoms with E-state index in [0.717, 1.165) is 39.4 Å². The number of anilines is 2. The normalized spacial score (nSPS) is 11.7. The monoisotopic (exact) mass is 486 g/mol. The Morgan fingerprint density at radius 1 is 1.06 bits per heavy atom. The molecular weight excluding hydrogens is 456 g/mol. The molecule has 1 unspecified atom stereocenters. The second-order valence-electron chi connectivity index (χ2n) is 8.72. The van der Waals surface area contributed by atoms with Crippen LogP contribution < -0.4 is 15.4 Å². The number of methoxy groups -OCH3 is 1. The topological polar surface area (TPSA) is 114 Å². The number of hydrogen-bond donors (Lipinski definition) is 3. The first-order valence-corrected chi connectivity index (χ1v) is 11.6. The zero-order chi connectivity index (χ0) is 25.7. The van der Waals surface area contributed by atoms with Gasteiger partial charge < -0.3 is 20.5 Å². The Labute approximate surface area is 210 Å². The first-order chi connectivity index (χ1) is 17.3. The van der Waals surface area contributed by atoms with Crippen LogP contribution in [0.5, 0.6) is 5.75 Å². The van der Waals surface area contributed by atoms with Crippen molar-refractivity contribution in [2.45, 2.75) is 39.8 Å². The van der Waals surface area contributed by atoms with Gasteiger partial charge in [0.2, 0.25) is 0 Å². The van der Waals surface area contributed by atoms with Crippen LogP contribution in [0.3, 0.4) is 0 Å². The standard InChI is InChI=1S/C27H30N6O3/c1-17-11-18(2)26(19(3)12-17)31-23(27(34)35)13-20-5-7-21(8-6-20)33-16-30-25(32-33)15-29-24-14-22(36-4)9-10-28-24/h5-12,14,16,23,31H,13,15H2,1-4H3,(H,28,29)(H,34,35). The summed E-state index contributed by atoms with van der Waals surface area (Å²) in [5, 5.41) is 20.8. The molecule has 0 aliphatic carbocycles. The Morgan fingerprint density at radius 2 is 1.78 bits per heavy atom. The Hall–Kier alpha value is -4.40. The first kappa shape index (κ1) is 24.7. The molecule has 2 aromatic heterocycles. The lowest BCUT2D eigenvalue weighted by Gasteiger charge is -2.20. The van der Waals surface area contributed by atoms with Gasteiger partial charge in [-0.2, -0.15) is 0 Å². The molecule has 2 heterocycles. The summed E-state index contributed by atoms with van der Waals surface area (Å²) in [6.45, 7) is 6.43. The highest BCUT2D eigenvalue weighted by Gasteiger charge is 2.20. The third-order valence-corrected chi connectivity index (χ3v) is 5.87. The minimum absolute atomic E-state index is 0.350. The molecule has 0 aliphatic rings. The molecule has 4 aromatic rings. The number of carboxylic acids is 1. The molecule has 3 N–H and O–H groups in total.